The summed E-state index contributed by atoms with van der Waals surface area (Å²) >= 11 is 1.51. The molecule has 4 rings (SSSR count). The molecule has 0 saturated heterocycles. The van der Waals surface area contributed by atoms with Gasteiger partial charge in [0.05, 0.1) is 29.1 Å². The summed E-state index contributed by atoms with van der Waals surface area (Å²) in [6.45, 7) is 6.35. The number of Topliss-reactive ketones (excluding diaryl/α,β-unsaturated/α-hetero) is 1. The molecule has 0 amide bonds. The number of thiophene rings is 1. The molecule has 0 aromatic carbocycles. The number of aryl methyl sites for hydroxylation is 1. The molecule has 3 aromatic heterocycles. The molecule has 0 fully saturated rings. The number of nitrogens with zero attached hydrogens (tertiary/aromatic N) is 4. The summed E-state index contributed by atoms with van der Waals surface area (Å²) in [7, 11) is 0. The zero-order valence-electron chi connectivity index (χ0n) is 14.4. The maximum atomic E-state index is 11.7. The number of nitrogens with one attached hydrogen (secondary N) is 1. The van der Waals surface area contributed by atoms with Gasteiger partial charge in [0, 0.05) is 43.5 Å². The van der Waals surface area contributed by atoms with Gasteiger partial charge in [0.15, 0.2) is 5.78 Å². The molecule has 0 spiro atoms. The zero-order valence-corrected chi connectivity index (χ0v) is 15.2. The second-order valence-electron chi connectivity index (χ2n) is 6.39. The van der Waals surface area contributed by atoms with Crippen LogP contribution in [0.2, 0.25) is 0 Å². The summed E-state index contributed by atoms with van der Waals surface area (Å²) in [4.78, 5) is 22.8. The van der Waals surface area contributed by atoms with Crippen LogP contribution in [0.15, 0.2) is 30.2 Å². The van der Waals surface area contributed by atoms with Crippen molar-refractivity contribution in [3.05, 3.63) is 57.6 Å². The van der Waals surface area contributed by atoms with Crippen LogP contribution in [0.4, 0.5) is 0 Å². The van der Waals surface area contributed by atoms with Crippen molar-refractivity contribution in [1.82, 2.24) is 24.6 Å². The van der Waals surface area contributed by atoms with Crippen molar-refractivity contribution in [1.29, 1.82) is 0 Å². The van der Waals surface area contributed by atoms with E-state index in [1.807, 2.05) is 16.9 Å². The van der Waals surface area contributed by atoms with E-state index in [0.717, 1.165) is 42.2 Å². The third-order valence-electron chi connectivity index (χ3n) is 4.70. The minimum absolute atomic E-state index is 0.0735. The molecule has 1 aliphatic rings. The van der Waals surface area contributed by atoms with E-state index < -0.39 is 0 Å². The lowest BCUT2D eigenvalue weighted by Crippen LogP contribution is -2.35. The summed E-state index contributed by atoms with van der Waals surface area (Å²) < 4.78 is 1.95. The first-order chi connectivity index (χ1) is 12.2. The Morgan fingerprint density at radius 2 is 2.36 bits per heavy atom. The lowest BCUT2D eigenvalue weighted by molar-refractivity contribution is 0.102. The quantitative estimate of drug-likeness (QED) is 0.715. The molecule has 0 radical (unpaired) electrons. The fraction of sp³-hybridized carbons (Fsp3) is 0.389. The summed E-state index contributed by atoms with van der Waals surface area (Å²) in [6.07, 6.45) is 6.77. The number of aromatic nitrogens is 4. The normalized spacial score (nSPS) is 17.6. The number of ketones is 1. The summed E-state index contributed by atoms with van der Waals surface area (Å²) in [5, 5.41) is 6.48. The second-order valence-corrected chi connectivity index (χ2v) is 7.31. The molecule has 130 valence electrons. The van der Waals surface area contributed by atoms with Crippen LogP contribution in [-0.4, -0.2) is 37.0 Å². The Labute approximate surface area is 150 Å². The van der Waals surface area contributed by atoms with Crippen LogP contribution in [0, 0.1) is 0 Å². The minimum atomic E-state index is 0.0735. The van der Waals surface area contributed by atoms with Gasteiger partial charge < -0.3 is 4.98 Å². The van der Waals surface area contributed by atoms with Crippen LogP contribution >= 0.6 is 11.3 Å². The van der Waals surface area contributed by atoms with Crippen molar-refractivity contribution in [2.24, 2.45) is 0 Å². The molecular formula is C18H21N5OS. The smallest absolute Gasteiger partial charge is 0.169 e. The van der Waals surface area contributed by atoms with E-state index in [-0.39, 0.29) is 11.8 Å². The molecule has 0 aliphatic carbocycles. The number of fused-ring (bicyclic) bond motifs is 1. The Hall–Kier alpha value is -2.25. The highest BCUT2D eigenvalue weighted by Crippen LogP contribution is 2.36. The van der Waals surface area contributed by atoms with E-state index in [9.17, 15) is 4.79 Å². The van der Waals surface area contributed by atoms with Gasteiger partial charge in [-0.15, -0.1) is 11.3 Å². The summed E-state index contributed by atoms with van der Waals surface area (Å²) in [5.41, 5.74) is 4.61. The molecule has 1 aliphatic heterocycles. The molecule has 3 aromatic rings. The average Bonchev–Trinajstić information content (AvgIpc) is 3.34. The maximum Gasteiger partial charge on any atom is 0.169 e. The van der Waals surface area contributed by atoms with Crippen molar-refractivity contribution in [3.8, 4) is 0 Å². The van der Waals surface area contributed by atoms with Crippen LogP contribution in [0.3, 0.4) is 0 Å². The van der Waals surface area contributed by atoms with Gasteiger partial charge in [0.25, 0.3) is 0 Å². The third kappa shape index (κ3) is 3.05. The molecule has 25 heavy (non-hydrogen) atoms. The Morgan fingerprint density at radius 3 is 3.08 bits per heavy atom. The lowest BCUT2D eigenvalue weighted by Gasteiger charge is -2.34. The Kier molecular flexibility index (Phi) is 4.27. The van der Waals surface area contributed by atoms with Crippen molar-refractivity contribution in [2.45, 2.75) is 39.4 Å². The summed E-state index contributed by atoms with van der Waals surface area (Å²) in [6, 6.07) is 2.09. The number of carbonyl (C=O) groups excluding carboxylic acids is 1. The zero-order chi connectivity index (χ0) is 17.4. The molecule has 4 heterocycles. The molecule has 0 bridgehead atoms. The van der Waals surface area contributed by atoms with Gasteiger partial charge in [0.2, 0.25) is 0 Å². The molecule has 6 nitrogen and oxygen atoms in total. The first-order valence-corrected chi connectivity index (χ1v) is 9.40. The van der Waals surface area contributed by atoms with E-state index >= 15 is 0 Å². The highest BCUT2D eigenvalue weighted by Gasteiger charge is 2.32. The van der Waals surface area contributed by atoms with Crippen molar-refractivity contribution in [2.75, 3.05) is 6.54 Å². The highest BCUT2D eigenvalue weighted by atomic mass is 32.1. The number of carbonyl (C=O) groups is 1. The van der Waals surface area contributed by atoms with Crippen molar-refractivity contribution in [3.63, 3.8) is 0 Å². The van der Waals surface area contributed by atoms with E-state index in [2.05, 4.69) is 38.5 Å². The van der Waals surface area contributed by atoms with E-state index in [0.29, 0.717) is 0 Å². The van der Waals surface area contributed by atoms with Gasteiger partial charge in [-0.1, -0.05) is 0 Å². The van der Waals surface area contributed by atoms with Crippen LogP contribution in [-0.2, 0) is 19.5 Å². The maximum absolute atomic E-state index is 11.7. The van der Waals surface area contributed by atoms with Crippen LogP contribution in [0.5, 0.6) is 0 Å². The van der Waals surface area contributed by atoms with E-state index in [1.165, 1.54) is 22.6 Å². The second kappa shape index (κ2) is 6.57. The highest BCUT2D eigenvalue weighted by molar-refractivity contribution is 7.12. The fourth-order valence-electron chi connectivity index (χ4n) is 3.44. The Bertz CT molecular complexity index is 893. The minimum Gasteiger partial charge on any atom is -0.348 e. The number of aromatic amines is 1. The van der Waals surface area contributed by atoms with Gasteiger partial charge in [-0.05, 0) is 30.9 Å². The first-order valence-electron chi connectivity index (χ1n) is 8.52. The van der Waals surface area contributed by atoms with Gasteiger partial charge in [-0.3, -0.25) is 14.4 Å². The van der Waals surface area contributed by atoms with Crippen molar-refractivity contribution >= 4 is 17.1 Å². The fourth-order valence-corrected chi connectivity index (χ4v) is 4.27. The number of hydrogen-bond acceptors (Lipinski definition) is 5. The average molecular weight is 355 g/mol. The predicted molar refractivity (Wildman–Crippen MR) is 96.8 cm³/mol. The van der Waals surface area contributed by atoms with Crippen LogP contribution < -0.4 is 0 Å². The van der Waals surface area contributed by atoms with Gasteiger partial charge >= 0.3 is 0 Å². The Balaban J connectivity index is 1.68. The SMILES string of the molecule is CCn1cc(CN2CCc3[nH]cnc3C2c2csc(C(C)=O)c2)cn1. The van der Waals surface area contributed by atoms with Gasteiger partial charge in [-0.2, -0.15) is 5.10 Å². The standard InChI is InChI=1S/C18H21N5OS/c1-3-23-9-13(7-21-23)8-22-5-4-15-17(20-11-19-15)18(22)14-6-16(12(2)24)25-10-14/h6-7,9-11,18H,3-5,8H2,1-2H3,(H,19,20). The van der Waals surface area contributed by atoms with Crippen LogP contribution in [0.25, 0.3) is 0 Å². The van der Waals surface area contributed by atoms with Crippen molar-refractivity contribution < 1.29 is 4.79 Å². The number of H-pyrrole nitrogens is 1. The van der Waals surface area contributed by atoms with Gasteiger partial charge in [0.1, 0.15) is 0 Å². The molecule has 1 unspecified atom stereocenters. The first kappa shape index (κ1) is 16.2. The van der Waals surface area contributed by atoms with Gasteiger partial charge in [-0.25, -0.2) is 4.98 Å². The topological polar surface area (TPSA) is 66.8 Å². The number of imidazole rings is 1. The lowest BCUT2D eigenvalue weighted by atomic mass is 9.97. The summed E-state index contributed by atoms with van der Waals surface area (Å²) in [5.74, 6) is 0.116. The monoisotopic (exact) mass is 355 g/mol. The third-order valence-corrected chi connectivity index (χ3v) is 5.75. The molecule has 1 N–H and O–H groups in total. The van der Waals surface area contributed by atoms with Crippen LogP contribution in [0.1, 0.15) is 52.1 Å². The molecular weight excluding hydrogens is 334 g/mol. The predicted octanol–water partition coefficient (Wildman–Crippen LogP) is 3.04. The number of rotatable bonds is 5. The number of hydrogen-bond donors (Lipinski definition) is 1. The molecule has 0 saturated carbocycles. The largest absolute Gasteiger partial charge is 0.348 e. The Morgan fingerprint density at radius 1 is 1.48 bits per heavy atom. The van der Waals surface area contributed by atoms with E-state index in [1.54, 1.807) is 13.3 Å². The van der Waals surface area contributed by atoms with E-state index in [4.69, 9.17) is 0 Å². The molecule has 1 atom stereocenters. The molecule has 7 heteroatoms.